The second kappa shape index (κ2) is 9.43. The average molecular weight is 497 g/mol. The zero-order valence-corrected chi connectivity index (χ0v) is 20.5. The molecule has 2 aliphatic rings. The molecular weight excluding hydrogens is 471 g/mol. The maximum atomic E-state index is 13.3. The van der Waals surface area contributed by atoms with Crippen LogP contribution in [0.15, 0.2) is 59.8 Å². The van der Waals surface area contributed by atoms with Crippen LogP contribution < -0.4 is 9.62 Å². The van der Waals surface area contributed by atoms with Gasteiger partial charge in [0, 0.05) is 24.5 Å². The molecule has 34 heavy (non-hydrogen) atoms. The Kier molecular flexibility index (Phi) is 6.36. The number of hydrogen-bond donors (Lipinski definition) is 2. The van der Waals surface area contributed by atoms with Crippen molar-refractivity contribution in [2.24, 2.45) is 0 Å². The first-order valence-electron chi connectivity index (χ1n) is 11.3. The highest BCUT2D eigenvalue weighted by atomic mass is 35.5. The first-order chi connectivity index (χ1) is 16.4. The minimum atomic E-state index is -0.440. The topological polar surface area (TPSA) is 68.1 Å². The van der Waals surface area contributed by atoms with E-state index in [1.165, 1.54) is 29.9 Å². The van der Waals surface area contributed by atoms with E-state index in [1.807, 2.05) is 18.2 Å². The molecule has 1 aromatic heterocycles. The van der Waals surface area contributed by atoms with E-state index in [4.69, 9.17) is 11.6 Å². The summed E-state index contributed by atoms with van der Waals surface area (Å²) in [5.74, 6) is 0.523. The van der Waals surface area contributed by atoms with Crippen molar-refractivity contribution in [3.8, 4) is 0 Å². The molecule has 2 heterocycles. The Labute approximate surface area is 208 Å². The molecule has 0 atom stereocenters. The van der Waals surface area contributed by atoms with Crippen molar-refractivity contribution in [2.45, 2.75) is 36.6 Å². The van der Waals surface area contributed by atoms with E-state index in [1.54, 1.807) is 0 Å². The van der Waals surface area contributed by atoms with Crippen LogP contribution in [0.2, 0.25) is 5.02 Å². The number of aromatic nitrogens is 2. The second-order valence-corrected chi connectivity index (χ2v) is 10.2. The summed E-state index contributed by atoms with van der Waals surface area (Å²) in [4.78, 5) is 13.7. The molecule has 0 amide bonds. The number of anilines is 2. The monoisotopic (exact) mass is 496 g/mol. The number of halogens is 2. The molecule has 2 aromatic carbocycles. The van der Waals surface area contributed by atoms with Gasteiger partial charge < -0.3 is 14.5 Å². The summed E-state index contributed by atoms with van der Waals surface area (Å²) in [7, 11) is 0. The van der Waals surface area contributed by atoms with E-state index < -0.39 is 5.82 Å². The van der Waals surface area contributed by atoms with Gasteiger partial charge in [0.15, 0.2) is 5.82 Å². The number of amidine groups is 1. The van der Waals surface area contributed by atoms with E-state index >= 15 is 0 Å². The third kappa shape index (κ3) is 4.44. The Bertz CT molecular complexity index is 1180. The highest BCUT2D eigenvalue weighted by Gasteiger charge is 2.48. The second-order valence-electron chi connectivity index (χ2n) is 8.88. The van der Waals surface area contributed by atoms with Gasteiger partial charge in [-0.3, -0.25) is 5.41 Å². The molecule has 176 valence electrons. The Morgan fingerprint density at radius 3 is 2.53 bits per heavy atom. The molecular formula is C25H26ClFN6S. The summed E-state index contributed by atoms with van der Waals surface area (Å²) in [6.45, 7) is 4.07. The number of nitrogens with one attached hydrogen (secondary N) is 2. The summed E-state index contributed by atoms with van der Waals surface area (Å²) in [6, 6.07) is 14.0. The van der Waals surface area contributed by atoms with Crippen LogP contribution in [0.3, 0.4) is 0 Å². The van der Waals surface area contributed by atoms with Crippen LogP contribution in [0, 0.1) is 18.2 Å². The largest absolute Gasteiger partial charge is 0.347 e. The maximum Gasteiger partial charge on any atom is 0.225 e. The Morgan fingerprint density at radius 2 is 1.85 bits per heavy atom. The lowest BCUT2D eigenvalue weighted by molar-refractivity contribution is 0.0645. The highest BCUT2D eigenvalue weighted by Crippen LogP contribution is 2.43. The van der Waals surface area contributed by atoms with E-state index in [-0.39, 0.29) is 5.54 Å². The van der Waals surface area contributed by atoms with Gasteiger partial charge in [-0.25, -0.2) is 14.4 Å². The van der Waals surface area contributed by atoms with Crippen LogP contribution in [-0.4, -0.2) is 45.9 Å². The molecule has 1 aliphatic heterocycles. The number of aryl methyl sites for hydroxylation is 1. The number of nitrogens with zero attached hydrogens (tertiary/aromatic N) is 4. The predicted octanol–water partition coefficient (Wildman–Crippen LogP) is 5.77. The van der Waals surface area contributed by atoms with Gasteiger partial charge in [0.25, 0.3) is 0 Å². The van der Waals surface area contributed by atoms with Crippen LogP contribution in [0.5, 0.6) is 0 Å². The van der Waals surface area contributed by atoms with E-state index in [2.05, 4.69) is 55.7 Å². The molecule has 0 bridgehead atoms. The van der Waals surface area contributed by atoms with Crippen LogP contribution in [-0.2, 0) is 0 Å². The summed E-state index contributed by atoms with van der Waals surface area (Å²) < 4.78 is 16.7. The molecule has 3 aromatic rings. The highest BCUT2D eigenvalue weighted by molar-refractivity contribution is 8.00. The zero-order chi connectivity index (χ0) is 23.7. The first-order valence-corrected chi connectivity index (χ1v) is 12.5. The van der Waals surface area contributed by atoms with Crippen molar-refractivity contribution < 1.29 is 4.39 Å². The summed E-state index contributed by atoms with van der Waals surface area (Å²) in [6.07, 6.45) is 5.49. The Balaban J connectivity index is 1.37. The average Bonchev–Trinajstić information content (AvgIpc) is 2.82. The third-order valence-electron chi connectivity index (χ3n) is 6.65. The lowest BCUT2D eigenvalue weighted by Crippen LogP contribution is -2.67. The van der Waals surface area contributed by atoms with Crippen molar-refractivity contribution in [3.05, 3.63) is 76.8 Å². The van der Waals surface area contributed by atoms with Crippen molar-refractivity contribution >= 4 is 41.0 Å². The fraction of sp³-hybridized carbons (Fsp3) is 0.320. The van der Waals surface area contributed by atoms with Gasteiger partial charge in [-0.2, -0.15) is 0 Å². The number of piperazine rings is 1. The molecule has 2 fully saturated rings. The summed E-state index contributed by atoms with van der Waals surface area (Å²) in [5, 5.41) is 9.76. The fourth-order valence-electron chi connectivity index (χ4n) is 4.68. The third-order valence-corrected chi connectivity index (χ3v) is 7.79. The molecule has 5 rings (SSSR count). The molecule has 1 aliphatic carbocycles. The number of hydrogen-bond acceptors (Lipinski definition) is 6. The minimum Gasteiger partial charge on any atom is -0.347 e. The van der Waals surface area contributed by atoms with Crippen LogP contribution >= 0.6 is 23.5 Å². The van der Waals surface area contributed by atoms with Crippen LogP contribution in [0.4, 0.5) is 16.0 Å². The lowest BCUT2D eigenvalue weighted by Gasteiger charge is -2.57. The minimum absolute atomic E-state index is 0.173. The van der Waals surface area contributed by atoms with Gasteiger partial charge in [0.1, 0.15) is 5.84 Å². The Hall–Kier alpha value is -2.84. The van der Waals surface area contributed by atoms with E-state index in [9.17, 15) is 9.80 Å². The van der Waals surface area contributed by atoms with Gasteiger partial charge in [-0.05, 0) is 62.4 Å². The van der Waals surface area contributed by atoms with Gasteiger partial charge in [-0.15, -0.1) is 0 Å². The molecule has 6 nitrogen and oxygen atoms in total. The molecule has 1 saturated heterocycles. The molecule has 1 spiro atoms. The summed E-state index contributed by atoms with van der Waals surface area (Å²) >= 11 is 8.17. The molecule has 0 radical (unpaired) electrons. The molecule has 2 N–H and O–H groups in total. The number of benzene rings is 2. The van der Waals surface area contributed by atoms with Gasteiger partial charge >= 0.3 is 0 Å². The quantitative estimate of drug-likeness (QED) is 0.265. The van der Waals surface area contributed by atoms with E-state index in [0.29, 0.717) is 42.0 Å². The Morgan fingerprint density at radius 1 is 1.12 bits per heavy atom. The van der Waals surface area contributed by atoms with Gasteiger partial charge in [-0.1, -0.05) is 35.4 Å². The lowest BCUT2D eigenvalue weighted by atomic mass is 9.73. The van der Waals surface area contributed by atoms with Crippen LogP contribution in [0.25, 0.3) is 0 Å². The van der Waals surface area contributed by atoms with Crippen molar-refractivity contribution in [2.75, 3.05) is 29.3 Å². The fourth-order valence-corrected chi connectivity index (χ4v) is 5.62. The standard InChI is InChI=1S/C25H26ClFN6S/c1-17-6-8-19(9-7-17)34-31-21-5-2-4-20(26)22(21)23(28)33-13-12-32(16-25(33)10-3-11-25)24-29-14-18(27)15-30-24/h2,4-9,14-15,28,31H,3,10-13,16H2,1H3. The number of rotatable bonds is 5. The SMILES string of the molecule is Cc1ccc(SNc2cccc(Cl)c2C(=N)N2CCN(c3ncc(F)cn3)CC23CCC3)cc1. The van der Waals surface area contributed by atoms with Crippen molar-refractivity contribution in [1.29, 1.82) is 5.41 Å². The summed E-state index contributed by atoms with van der Waals surface area (Å²) in [5.41, 5.74) is 2.57. The van der Waals surface area contributed by atoms with Crippen LogP contribution in [0.1, 0.15) is 30.4 Å². The normalized spacial score (nSPS) is 16.9. The smallest absolute Gasteiger partial charge is 0.225 e. The van der Waals surface area contributed by atoms with Crippen molar-refractivity contribution in [1.82, 2.24) is 14.9 Å². The molecule has 9 heteroatoms. The van der Waals surface area contributed by atoms with Gasteiger partial charge in [0.05, 0.1) is 34.2 Å². The first kappa shape index (κ1) is 22.9. The predicted molar refractivity (Wildman–Crippen MR) is 136 cm³/mol. The molecule has 1 saturated carbocycles. The van der Waals surface area contributed by atoms with Crippen molar-refractivity contribution in [3.63, 3.8) is 0 Å². The van der Waals surface area contributed by atoms with Gasteiger partial charge in [0.2, 0.25) is 5.95 Å². The molecule has 0 unspecified atom stereocenters. The maximum absolute atomic E-state index is 13.3. The zero-order valence-electron chi connectivity index (χ0n) is 18.9. The van der Waals surface area contributed by atoms with E-state index in [0.717, 1.165) is 29.8 Å².